The average Bonchev–Trinajstić information content (AvgIpc) is 3.41. The van der Waals surface area contributed by atoms with E-state index in [1.54, 1.807) is 0 Å². The van der Waals surface area contributed by atoms with Gasteiger partial charge in [-0.05, 0) is 61.2 Å². The third kappa shape index (κ3) is 3.14. The molecule has 5 fully saturated rings. The van der Waals surface area contributed by atoms with Crippen molar-refractivity contribution in [1.29, 1.82) is 0 Å². The van der Waals surface area contributed by atoms with Crippen molar-refractivity contribution >= 4 is 16.0 Å². The molecule has 0 aromatic rings. The van der Waals surface area contributed by atoms with Crippen LogP contribution in [0, 0.1) is 29.1 Å². The van der Waals surface area contributed by atoms with E-state index in [-0.39, 0.29) is 0 Å². The summed E-state index contributed by atoms with van der Waals surface area (Å²) < 4.78 is 33.5. The molecule has 154 valence electrons. The zero-order chi connectivity index (χ0) is 19.7. The van der Waals surface area contributed by atoms with Crippen molar-refractivity contribution in [3.8, 4) is 0 Å². The van der Waals surface area contributed by atoms with E-state index in [1.165, 1.54) is 37.7 Å². The molecule has 4 aliphatic carbocycles. The molecule has 6 aliphatic rings. The van der Waals surface area contributed by atoms with Crippen molar-refractivity contribution in [2.24, 2.45) is 33.5 Å². The second kappa shape index (κ2) is 6.23. The molecular formula is C20H31N4O3S+. The highest BCUT2D eigenvalue weighted by Gasteiger charge is 2.54. The average molecular weight is 408 g/mol. The van der Waals surface area contributed by atoms with E-state index in [9.17, 15) is 8.42 Å². The fourth-order valence-electron chi connectivity index (χ4n) is 5.72. The number of hydrogen-bond acceptors (Lipinski definition) is 4. The molecule has 0 amide bonds. The minimum Gasteiger partial charge on any atom is -0.493 e. The lowest BCUT2D eigenvalue weighted by Crippen LogP contribution is -3.12. The zero-order valence-electron chi connectivity index (χ0n) is 16.9. The first-order chi connectivity index (χ1) is 13.2. The van der Waals surface area contributed by atoms with Gasteiger partial charge >= 0.3 is 5.96 Å². The third-order valence-electron chi connectivity index (χ3n) is 7.67. The number of nitrogens with zero attached hydrogens (tertiary/aromatic N) is 1. The molecule has 2 bridgehead atoms. The van der Waals surface area contributed by atoms with Crippen LogP contribution >= 0.6 is 0 Å². The number of guanidine groups is 1. The van der Waals surface area contributed by atoms with Crippen LogP contribution in [-0.2, 0) is 14.8 Å². The van der Waals surface area contributed by atoms with E-state index < -0.39 is 10.0 Å². The molecule has 3 N–H and O–H groups in total. The van der Waals surface area contributed by atoms with Crippen LogP contribution in [-0.4, -0.2) is 33.8 Å². The Labute approximate surface area is 167 Å². The van der Waals surface area contributed by atoms with Crippen molar-refractivity contribution in [3.05, 3.63) is 23.2 Å². The SMILES string of the molecule is CC1(C)[C@@H]2CC[C@@H](COC3=C(C4CC4)C[NH+]4C(=C3)NNC4=NS(C)(=O)=O)[C@H]1C2. The number of rotatable bonds is 5. The van der Waals surface area contributed by atoms with E-state index in [1.807, 2.05) is 6.08 Å². The van der Waals surface area contributed by atoms with Crippen molar-refractivity contribution in [1.82, 2.24) is 10.9 Å². The maximum atomic E-state index is 11.6. The normalized spacial score (nSPS) is 37.5. The van der Waals surface area contributed by atoms with E-state index in [0.29, 0.717) is 29.8 Å². The van der Waals surface area contributed by atoms with Gasteiger partial charge in [0.1, 0.15) is 12.3 Å². The predicted molar refractivity (Wildman–Crippen MR) is 106 cm³/mol. The highest BCUT2D eigenvalue weighted by Crippen LogP contribution is 2.61. The molecule has 6 rings (SSSR count). The van der Waals surface area contributed by atoms with Crippen molar-refractivity contribution in [2.75, 3.05) is 19.4 Å². The van der Waals surface area contributed by atoms with Crippen LogP contribution in [0.5, 0.6) is 0 Å². The smallest absolute Gasteiger partial charge is 0.337 e. The number of ether oxygens (including phenoxy) is 1. The van der Waals surface area contributed by atoms with Gasteiger partial charge in [0.25, 0.3) is 10.0 Å². The van der Waals surface area contributed by atoms with Gasteiger partial charge in [0.05, 0.1) is 18.9 Å². The second-order valence-electron chi connectivity index (χ2n) is 9.81. The number of hydrogen-bond donors (Lipinski definition) is 3. The van der Waals surface area contributed by atoms with Gasteiger partial charge in [0.15, 0.2) is 0 Å². The van der Waals surface area contributed by atoms with Crippen LogP contribution in [0.25, 0.3) is 0 Å². The van der Waals surface area contributed by atoms with Crippen molar-refractivity contribution in [3.63, 3.8) is 0 Å². The summed E-state index contributed by atoms with van der Waals surface area (Å²) in [6, 6.07) is 0. The van der Waals surface area contributed by atoms with Crippen LogP contribution in [0.3, 0.4) is 0 Å². The Kier molecular flexibility index (Phi) is 4.11. The summed E-state index contributed by atoms with van der Waals surface area (Å²) in [6.07, 6.45) is 9.53. The number of hydrazine groups is 1. The molecule has 28 heavy (non-hydrogen) atoms. The third-order valence-corrected chi connectivity index (χ3v) is 8.18. The zero-order valence-corrected chi connectivity index (χ0v) is 17.7. The molecule has 0 aromatic heterocycles. The number of nitrogens with one attached hydrogen (secondary N) is 3. The van der Waals surface area contributed by atoms with E-state index in [4.69, 9.17) is 4.74 Å². The highest BCUT2D eigenvalue weighted by molar-refractivity contribution is 7.89. The summed E-state index contributed by atoms with van der Waals surface area (Å²) >= 11 is 0. The van der Waals surface area contributed by atoms with Gasteiger partial charge in [-0.15, -0.1) is 0 Å². The molecule has 0 spiro atoms. The Morgan fingerprint density at radius 1 is 1.25 bits per heavy atom. The molecule has 4 atom stereocenters. The molecule has 0 radical (unpaired) electrons. The fourth-order valence-corrected chi connectivity index (χ4v) is 6.21. The number of allylic oxidation sites excluding steroid dienone is 1. The minimum atomic E-state index is -3.44. The second-order valence-corrected chi connectivity index (χ2v) is 11.5. The van der Waals surface area contributed by atoms with Gasteiger partial charge < -0.3 is 4.74 Å². The van der Waals surface area contributed by atoms with Crippen LogP contribution in [0.1, 0.15) is 46.0 Å². The Bertz CT molecular complexity index is 883. The summed E-state index contributed by atoms with van der Waals surface area (Å²) in [4.78, 5) is 0.931. The first-order valence-corrected chi connectivity index (χ1v) is 12.3. The first kappa shape index (κ1) is 18.5. The standard InChI is InChI=1S/C20H30N4O3S/c1-20(2)14-7-6-13(16(20)8-14)11-27-17-9-18-21-22-19(23-28(3,25)26)24(18)10-15(17)12-4-5-12/h9,12-14,16,21H,4-8,10-11H2,1-3H3,(H,22,23)/p+1/t13-,14+,16+/m0/s1. The Hall–Kier alpha value is -1.54. The largest absolute Gasteiger partial charge is 0.493 e. The highest BCUT2D eigenvalue weighted by atomic mass is 32.2. The summed E-state index contributed by atoms with van der Waals surface area (Å²) in [5.74, 6) is 5.20. The van der Waals surface area contributed by atoms with Gasteiger partial charge in [-0.1, -0.05) is 18.2 Å². The monoisotopic (exact) mass is 407 g/mol. The maximum absolute atomic E-state index is 11.6. The lowest BCUT2D eigenvalue weighted by molar-refractivity contribution is -0.754. The Morgan fingerprint density at radius 2 is 2.04 bits per heavy atom. The quantitative estimate of drug-likeness (QED) is 0.631. The molecule has 1 unspecified atom stereocenters. The fraction of sp³-hybridized carbons (Fsp3) is 0.750. The predicted octanol–water partition coefficient (Wildman–Crippen LogP) is 0.903. The Balaban J connectivity index is 1.33. The molecule has 7 nitrogen and oxygen atoms in total. The van der Waals surface area contributed by atoms with Crippen LogP contribution in [0.15, 0.2) is 27.6 Å². The van der Waals surface area contributed by atoms with Crippen LogP contribution in [0.2, 0.25) is 0 Å². The molecular weight excluding hydrogens is 376 g/mol. The summed E-state index contributed by atoms with van der Waals surface area (Å²) in [5.41, 5.74) is 7.78. The van der Waals surface area contributed by atoms with Gasteiger partial charge in [0.2, 0.25) is 5.82 Å². The van der Waals surface area contributed by atoms with Crippen molar-refractivity contribution in [2.45, 2.75) is 46.0 Å². The molecule has 8 heteroatoms. The lowest BCUT2D eigenvalue weighted by atomic mass is 9.46. The topological polar surface area (TPSA) is 84.2 Å². The molecule has 1 saturated heterocycles. The van der Waals surface area contributed by atoms with Gasteiger partial charge in [-0.2, -0.15) is 0 Å². The molecule has 2 heterocycles. The van der Waals surface area contributed by atoms with E-state index >= 15 is 0 Å². The number of quaternary nitrogens is 1. The van der Waals surface area contributed by atoms with Crippen LogP contribution in [0.4, 0.5) is 0 Å². The molecule has 4 saturated carbocycles. The van der Waals surface area contributed by atoms with Gasteiger partial charge in [0, 0.05) is 5.57 Å². The first-order valence-electron chi connectivity index (χ1n) is 10.5. The van der Waals surface area contributed by atoms with Gasteiger partial charge in [-0.25, -0.2) is 24.2 Å². The number of sulfonamides is 1. The van der Waals surface area contributed by atoms with E-state index in [2.05, 4.69) is 29.1 Å². The minimum absolute atomic E-state index is 0.417. The summed E-state index contributed by atoms with van der Waals surface area (Å²) in [7, 11) is -3.44. The summed E-state index contributed by atoms with van der Waals surface area (Å²) in [5, 5.41) is 0. The molecule has 2 aliphatic heterocycles. The molecule has 0 aromatic carbocycles. The number of fused-ring (bicyclic) bond motifs is 3. The van der Waals surface area contributed by atoms with Crippen molar-refractivity contribution < 1.29 is 18.1 Å². The van der Waals surface area contributed by atoms with Crippen LogP contribution < -0.4 is 15.8 Å². The maximum Gasteiger partial charge on any atom is 0.337 e. The Morgan fingerprint density at radius 3 is 2.68 bits per heavy atom. The van der Waals surface area contributed by atoms with E-state index in [0.717, 1.165) is 41.2 Å². The lowest BCUT2D eigenvalue weighted by Gasteiger charge is -2.60. The van der Waals surface area contributed by atoms with Gasteiger partial charge in [-0.3, -0.25) is 0 Å². The summed E-state index contributed by atoms with van der Waals surface area (Å²) in [6.45, 7) is 6.35.